The third-order valence-corrected chi connectivity index (χ3v) is 6.26. The number of carbonyl (C=O) groups excluding carboxylic acids is 3. The second-order valence-corrected chi connectivity index (χ2v) is 7.80. The van der Waals surface area contributed by atoms with Crippen LogP contribution in [0.4, 0.5) is 5.69 Å². The van der Waals surface area contributed by atoms with E-state index in [1.54, 1.807) is 24.3 Å². The van der Waals surface area contributed by atoms with Crippen molar-refractivity contribution in [3.05, 3.63) is 70.9 Å². The fourth-order valence-corrected chi connectivity index (χ4v) is 5.05. The van der Waals surface area contributed by atoms with Gasteiger partial charge in [-0.25, -0.2) is 4.90 Å². The monoisotopic (exact) mass is 394 g/mol. The number of imide groups is 1. The summed E-state index contributed by atoms with van der Waals surface area (Å²) in [5, 5.41) is 0.514. The van der Waals surface area contributed by atoms with Crippen LogP contribution in [-0.4, -0.2) is 23.8 Å². The number of quaternary nitrogens is 1. The molecule has 5 rings (SSSR count). The number of amides is 3. The lowest BCUT2D eigenvalue weighted by molar-refractivity contribution is -0.884. The molecule has 140 valence electrons. The van der Waals surface area contributed by atoms with Gasteiger partial charge in [0.15, 0.2) is 6.04 Å². The molecule has 0 aromatic heterocycles. The minimum atomic E-state index is -0.784. The summed E-state index contributed by atoms with van der Waals surface area (Å²) < 4.78 is 0. The van der Waals surface area contributed by atoms with E-state index in [0.29, 0.717) is 10.7 Å². The molecular weight excluding hydrogens is 378 g/mol. The Bertz CT molecular complexity index is 1050. The van der Waals surface area contributed by atoms with E-state index < -0.39 is 23.8 Å². The van der Waals surface area contributed by atoms with E-state index in [0.717, 1.165) is 16.0 Å². The van der Waals surface area contributed by atoms with Gasteiger partial charge in [0.25, 0.3) is 5.91 Å². The Morgan fingerprint density at radius 2 is 1.68 bits per heavy atom. The summed E-state index contributed by atoms with van der Waals surface area (Å²) in [6.07, 6.45) is 3.78. The van der Waals surface area contributed by atoms with Gasteiger partial charge < -0.3 is 5.73 Å². The molecule has 5 atom stereocenters. The van der Waals surface area contributed by atoms with Crippen molar-refractivity contribution in [2.24, 2.45) is 17.6 Å². The molecule has 0 bridgehead atoms. The van der Waals surface area contributed by atoms with Crippen molar-refractivity contribution in [2.45, 2.75) is 12.1 Å². The van der Waals surface area contributed by atoms with Crippen LogP contribution in [0.25, 0.3) is 6.08 Å². The smallest absolute Gasteiger partial charge is 0.277 e. The maximum atomic E-state index is 13.4. The molecular formula is C21H17ClN3O3+. The second-order valence-electron chi connectivity index (χ2n) is 7.36. The summed E-state index contributed by atoms with van der Waals surface area (Å²) in [7, 11) is 0. The molecule has 0 spiro atoms. The summed E-state index contributed by atoms with van der Waals surface area (Å²) in [4.78, 5) is 40.9. The molecule has 0 saturated carbocycles. The van der Waals surface area contributed by atoms with Crippen molar-refractivity contribution in [3.8, 4) is 0 Å². The molecule has 7 heteroatoms. The topological polar surface area (TPSA) is 84.9 Å². The molecule has 3 aliphatic rings. The number of benzene rings is 2. The van der Waals surface area contributed by atoms with E-state index in [2.05, 4.69) is 0 Å². The van der Waals surface area contributed by atoms with Crippen LogP contribution in [0.15, 0.2) is 54.7 Å². The highest BCUT2D eigenvalue weighted by molar-refractivity contribution is 6.31. The number of nitrogens with one attached hydrogen (secondary N) is 1. The molecule has 2 aromatic carbocycles. The first-order valence-corrected chi connectivity index (χ1v) is 9.43. The van der Waals surface area contributed by atoms with Gasteiger partial charge in [-0.15, -0.1) is 0 Å². The van der Waals surface area contributed by atoms with Gasteiger partial charge in [0.2, 0.25) is 11.8 Å². The van der Waals surface area contributed by atoms with Crippen LogP contribution in [0.2, 0.25) is 5.02 Å². The van der Waals surface area contributed by atoms with Crippen LogP contribution in [0.5, 0.6) is 0 Å². The van der Waals surface area contributed by atoms with Gasteiger partial charge in [-0.3, -0.25) is 19.3 Å². The van der Waals surface area contributed by atoms with Gasteiger partial charge in [-0.1, -0.05) is 35.9 Å². The Balaban J connectivity index is 1.65. The molecule has 1 unspecified atom stereocenters. The molecule has 6 nitrogen and oxygen atoms in total. The molecule has 0 aliphatic carbocycles. The molecule has 28 heavy (non-hydrogen) atoms. The summed E-state index contributed by atoms with van der Waals surface area (Å²) in [5.41, 5.74) is 8.10. The number of rotatable bonds is 2. The van der Waals surface area contributed by atoms with Crippen LogP contribution in [-0.2, 0) is 14.4 Å². The average Bonchev–Trinajstić information content (AvgIpc) is 3.16. The number of fused-ring (bicyclic) bond motifs is 5. The average molecular weight is 395 g/mol. The zero-order valence-electron chi connectivity index (χ0n) is 14.7. The first kappa shape index (κ1) is 17.2. The van der Waals surface area contributed by atoms with Gasteiger partial charge in [0.1, 0.15) is 17.9 Å². The van der Waals surface area contributed by atoms with Crippen LogP contribution >= 0.6 is 11.6 Å². The van der Waals surface area contributed by atoms with E-state index in [9.17, 15) is 14.4 Å². The van der Waals surface area contributed by atoms with Gasteiger partial charge >= 0.3 is 0 Å². The second kappa shape index (κ2) is 6.02. The highest BCUT2D eigenvalue weighted by atomic mass is 35.5. The molecule has 2 saturated heterocycles. The fourth-order valence-electron chi connectivity index (χ4n) is 4.92. The number of halogens is 1. The molecule has 2 aromatic rings. The lowest BCUT2D eigenvalue weighted by Crippen LogP contribution is -3.12. The lowest BCUT2D eigenvalue weighted by Gasteiger charge is -2.29. The minimum absolute atomic E-state index is 0.298. The summed E-state index contributed by atoms with van der Waals surface area (Å²) >= 11 is 5.94. The van der Waals surface area contributed by atoms with Gasteiger partial charge in [-0.05, 0) is 35.9 Å². The number of primary amides is 1. The number of anilines is 1. The maximum absolute atomic E-state index is 13.4. The van der Waals surface area contributed by atoms with Crippen LogP contribution in [0, 0.1) is 11.8 Å². The highest BCUT2D eigenvalue weighted by Crippen LogP contribution is 2.44. The van der Waals surface area contributed by atoms with Crippen molar-refractivity contribution >= 4 is 41.1 Å². The molecule has 2 fully saturated rings. The summed E-state index contributed by atoms with van der Waals surface area (Å²) in [6.45, 7) is 0. The number of hydrogen-bond acceptors (Lipinski definition) is 3. The molecule has 3 amide bonds. The Morgan fingerprint density at radius 1 is 1.00 bits per heavy atom. The highest BCUT2D eigenvalue weighted by Gasteiger charge is 2.67. The quantitative estimate of drug-likeness (QED) is 0.743. The Kier molecular flexibility index (Phi) is 3.69. The number of hydrogen-bond donors (Lipinski definition) is 2. The Labute approximate surface area is 166 Å². The van der Waals surface area contributed by atoms with Gasteiger partial charge in [0.05, 0.1) is 11.9 Å². The number of nitrogens with zero attached hydrogens (tertiary/aromatic N) is 1. The van der Waals surface area contributed by atoms with Crippen molar-refractivity contribution in [3.63, 3.8) is 0 Å². The first-order chi connectivity index (χ1) is 13.5. The van der Waals surface area contributed by atoms with Crippen molar-refractivity contribution in [2.75, 3.05) is 4.90 Å². The van der Waals surface area contributed by atoms with Gasteiger partial charge in [-0.2, -0.15) is 0 Å². The Hall–Kier alpha value is -2.96. The van der Waals surface area contributed by atoms with E-state index >= 15 is 0 Å². The standard InChI is InChI=1S/C21H16ClN3O3/c22-12-5-7-13(8-6-12)25-20(27)15-16(21(25)28)18(19(23)26)24-10-9-11-3-1-2-4-14(11)17(15)24/h1-10,15-18H,(H2,23,26)/p+1/t15-,16+,17+,18-/m0/s1. The maximum Gasteiger partial charge on any atom is 0.277 e. The van der Waals surface area contributed by atoms with Crippen molar-refractivity contribution < 1.29 is 19.3 Å². The lowest BCUT2D eigenvalue weighted by atomic mass is 9.84. The van der Waals surface area contributed by atoms with Crippen molar-refractivity contribution in [1.82, 2.24) is 0 Å². The predicted octanol–water partition coefficient (Wildman–Crippen LogP) is 0.924. The molecule has 3 aliphatic heterocycles. The summed E-state index contributed by atoms with van der Waals surface area (Å²) in [6, 6.07) is 13.2. The molecule has 0 radical (unpaired) electrons. The largest absolute Gasteiger partial charge is 0.364 e. The fraction of sp³-hybridized carbons (Fsp3) is 0.190. The number of carbonyl (C=O) groups is 3. The van der Waals surface area contributed by atoms with Crippen LogP contribution in [0.3, 0.4) is 0 Å². The van der Waals surface area contributed by atoms with E-state index in [1.165, 1.54) is 4.90 Å². The zero-order valence-corrected chi connectivity index (χ0v) is 15.5. The van der Waals surface area contributed by atoms with Crippen LogP contribution in [0.1, 0.15) is 17.2 Å². The van der Waals surface area contributed by atoms with E-state index in [1.807, 2.05) is 36.5 Å². The molecule has 3 heterocycles. The minimum Gasteiger partial charge on any atom is -0.364 e. The Morgan fingerprint density at radius 3 is 2.39 bits per heavy atom. The normalized spacial score (nSPS) is 30.2. The SMILES string of the molecule is NC(=O)[C@@H]1[C@@H]2C(=O)N(c3ccc(Cl)cc3)C(=O)[C@@H]2[C@H]2c3ccccc3C=C[NH+]12. The van der Waals surface area contributed by atoms with E-state index in [4.69, 9.17) is 17.3 Å². The van der Waals surface area contributed by atoms with Gasteiger partial charge in [0, 0.05) is 10.6 Å². The first-order valence-electron chi connectivity index (χ1n) is 9.05. The van der Waals surface area contributed by atoms with Crippen molar-refractivity contribution in [1.29, 1.82) is 0 Å². The zero-order chi connectivity index (χ0) is 19.6. The third-order valence-electron chi connectivity index (χ3n) is 6.01. The summed E-state index contributed by atoms with van der Waals surface area (Å²) in [5.74, 6) is -2.67. The number of nitrogens with two attached hydrogens (primary N) is 1. The van der Waals surface area contributed by atoms with Crippen LogP contribution < -0.4 is 15.5 Å². The molecule has 3 N–H and O–H groups in total. The van der Waals surface area contributed by atoms with E-state index in [-0.39, 0.29) is 17.9 Å². The third kappa shape index (κ3) is 2.22. The predicted molar refractivity (Wildman–Crippen MR) is 103 cm³/mol.